The van der Waals surface area contributed by atoms with Crippen molar-refractivity contribution in [2.75, 3.05) is 11.4 Å². The molecule has 1 aliphatic heterocycles. The molecule has 1 aromatic carbocycles. The van der Waals surface area contributed by atoms with Gasteiger partial charge in [-0.2, -0.15) is 0 Å². The van der Waals surface area contributed by atoms with Gasteiger partial charge in [0, 0.05) is 16.0 Å². The summed E-state index contributed by atoms with van der Waals surface area (Å²) in [7, 11) is 0. The molecule has 1 aromatic rings. The van der Waals surface area contributed by atoms with Crippen molar-refractivity contribution >= 4 is 46.0 Å². The zero-order chi connectivity index (χ0) is 20.1. The fourth-order valence-corrected chi connectivity index (χ4v) is 4.57. The van der Waals surface area contributed by atoms with Gasteiger partial charge in [-0.15, -0.1) is 6.58 Å². The molecule has 0 bridgehead atoms. The number of imide groups is 1. The SMILES string of the molecule is C=CCN(C(=O)C1C(C)(C)C1(C)C)C1CC(=O)N(c2ccc(I)cc2)C1=O. The van der Waals surface area contributed by atoms with Crippen molar-refractivity contribution in [2.45, 2.75) is 40.2 Å². The molecule has 0 radical (unpaired) electrons. The Labute approximate surface area is 173 Å². The summed E-state index contributed by atoms with van der Waals surface area (Å²) in [5, 5.41) is 0. The number of hydrogen-bond acceptors (Lipinski definition) is 3. The van der Waals surface area contributed by atoms with E-state index in [1.54, 1.807) is 23.1 Å². The van der Waals surface area contributed by atoms with Crippen LogP contribution >= 0.6 is 22.6 Å². The van der Waals surface area contributed by atoms with E-state index in [9.17, 15) is 14.4 Å². The van der Waals surface area contributed by atoms with Crippen LogP contribution in [0.2, 0.25) is 0 Å². The van der Waals surface area contributed by atoms with E-state index in [-0.39, 0.29) is 47.4 Å². The van der Waals surface area contributed by atoms with Gasteiger partial charge in [-0.3, -0.25) is 14.4 Å². The Bertz CT molecular complexity index is 799. The number of carbonyl (C=O) groups excluding carboxylic acids is 3. The third-order valence-electron chi connectivity index (χ3n) is 6.46. The topological polar surface area (TPSA) is 57.7 Å². The number of amides is 3. The molecule has 1 saturated heterocycles. The molecule has 1 heterocycles. The highest BCUT2D eigenvalue weighted by Gasteiger charge is 2.69. The summed E-state index contributed by atoms with van der Waals surface area (Å²) in [6, 6.07) is 6.45. The lowest BCUT2D eigenvalue weighted by Gasteiger charge is -2.27. The van der Waals surface area contributed by atoms with Gasteiger partial charge in [0.25, 0.3) is 5.91 Å². The van der Waals surface area contributed by atoms with E-state index in [0.717, 1.165) is 3.57 Å². The number of benzene rings is 1. The van der Waals surface area contributed by atoms with E-state index >= 15 is 0 Å². The van der Waals surface area contributed by atoms with Crippen molar-refractivity contribution in [1.82, 2.24) is 4.90 Å². The molecule has 1 saturated carbocycles. The minimum Gasteiger partial charge on any atom is -0.326 e. The fraction of sp³-hybridized carbons (Fsp3) is 0.476. The van der Waals surface area contributed by atoms with Crippen molar-refractivity contribution in [3.8, 4) is 0 Å². The zero-order valence-corrected chi connectivity index (χ0v) is 18.3. The fourth-order valence-electron chi connectivity index (χ4n) is 4.21. The number of nitrogens with zero attached hydrogens (tertiary/aromatic N) is 2. The van der Waals surface area contributed by atoms with Crippen LogP contribution < -0.4 is 4.90 Å². The summed E-state index contributed by atoms with van der Waals surface area (Å²) in [5.74, 6) is -0.851. The number of anilines is 1. The first-order valence-electron chi connectivity index (χ1n) is 9.07. The summed E-state index contributed by atoms with van der Waals surface area (Å²) in [5.41, 5.74) is 0.279. The standard InChI is InChI=1S/C21H25IN2O3/c1-6-11-23(19(27)17-20(2,3)21(17,4)5)15-12-16(25)24(18(15)26)14-9-7-13(22)8-10-14/h6-10,15,17H,1,11-12H2,2-5H3. The van der Waals surface area contributed by atoms with Crippen LogP contribution in [0.15, 0.2) is 36.9 Å². The van der Waals surface area contributed by atoms with Crippen LogP contribution in [-0.2, 0) is 14.4 Å². The van der Waals surface area contributed by atoms with Crippen LogP contribution in [0.5, 0.6) is 0 Å². The van der Waals surface area contributed by atoms with E-state index in [2.05, 4.69) is 56.9 Å². The highest BCUT2D eigenvalue weighted by molar-refractivity contribution is 14.1. The molecular formula is C21H25IN2O3. The molecule has 6 heteroatoms. The second-order valence-corrected chi connectivity index (χ2v) is 9.67. The largest absolute Gasteiger partial charge is 0.326 e. The summed E-state index contributed by atoms with van der Waals surface area (Å²) in [6.07, 6.45) is 1.63. The lowest BCUT2D eigenvalue weighted by Crippen LogP contribution is -2.47. The third-order valence-corrected chi connectivity index (χ3v) is 7.18. The Morgan fingerprint density at radius 1 is 1.22 bits per heavy atom. The van der Waals surface area contributed by atoms with Crippen LogP contribution in [0, 0.1) is 20.3 Å². The first-order chi connectivity index (χ1) is 12.5. The van der Waals surface area contributed by atoms with Crippen LogP contribution in [0.3, 0.4) is 0 Å². The number of carbonyl (C=O) groups is 3. The number of rotatable bonds is 5. The van der Waals surface area contributed by atoms with E-state index in [0.29, 0.717) is 5.69 Å². The second-order valence-electron chi connectivity index (χ2n) is 8.42. The molecule has 1 unspecified atom stereocenters. The van der Waals surface area contributed by atoms with Gasteiger partial charge in [-0.05, 0) is 57.7 Å². The minimum atomic E-state index is -0.769. The van der Waals surface area contributed by atoms with Crippen molar-refractivity contribution in [2.24, 2.45) is 16.7 Å². The van der Waals surface area contributed by atoms with E-state index in [1.165, 1.54) is 4.90 Å². The Balaban J connectivity index is 1.88. The summed E-state index contributed by atoms with van der Waals surface area (Å²) in [4.78, 5) is 41.6. The average molecular weight is 480 g/mol. The molecule has 5 nitrogen and oxygen atoms in total. The number of halogens is 1. The molecule has 3 rings (SSSR count). The van der Waals surface area contributed by atoms with E-state index < -0.39 is 6.04 Å². The predicted octanol–water partition coefficient (Wildman–Crippen LogP) is 3.62. The van der Waals surface area contributed by atoms with Gasteiger partial charge in [-0.1, -0.05) is 33.8 Å². The Kier molecular flexibility index (Phi) is 4.99. The predicted molar refractivity (Wildman–Crippen MR) is 113 cm³/mol. The Hall–Kier alpha value is -1.70. The van der Waals surface area contributed by atoms with Gasteiger partial charge >= 0.3 is 0 Å². The van der Waals surface area contributed by atoms with Gasteiger partial charge in [-0.25, -0.2) is 4.90 Å². The van der Waals surface area contributed by atoms with Gasteiger partial charge in [0.2, 0.25) is 11.8 Å². The lowest BCUT2D eigenvalue weighted by atomic mass is 10.0. The van der Waals surface area contributed by atoms with Gasteiger partial charge in [0.1, 0.15) is 6.04 Å². The van der Waals surface area contributed by atoms with E-state index in [4.69, 9.17) is 0 Å². The van der Waals surface area contributed by atoms with Gasteiger partial charge < -0.3 is 4.90 Å². The molecule has 144 valence electrons. The Morgan fingerprint density at radius 3 is 2.26 bits per heavy atom. The summed E-state index contributed by atoms with van der Waals surface area (Å²) >= 11 is 2.17. The smallest absolute Gasteiger partial charge is 0.257 e. The first-order valence-corrected chi connectivity index (χ1v) is 10.2. The van der Waals surface area contributed by atoms with Crippen LogP contribution in [-0.4, -0.2) is 35.2 Å². The quantitative estimate of drug-likeness (QED) is 0.368. The van der Waals surface area contributed by atoms with Crippen molar-refractivity contribution < 1.29 is 14.4 Å². The van der Waals surface area contributed by atoms with Crippen LogP contribution in [0.25, 0.3) is 0 Å². The number of hydrogen-bond donors (Lipinski definition) is 0. The maximum absolute atomic E-state index is 13.2. The molecule has 0 N–H and O–H groups in total. The third kappa shape index (κ3) is 3.11. The maximum Gasteiger partial charge on any atom is 0.257 e. The highest BCUT2D eigenvalue weighted by atomic mass is 127. The lowest BCUT2D eigenvalue weighted by molar-refractivity contribution is -0.139. The van der Waals surface area contributed by atoms with Crippen molar-refractivity contribution in [3.05, 3.63) is 40.5 Å². The summed E-state index contributed by atoms with van der Waals surface area (Å²) in [6.45, 7) is 12.3. The normalized spacial score (nSPS) is 23.4. The molecular weight excluding hydrogens is 455 g/mol. The molecule has 1 atom stereocenters. The molecule has 2 aliphatic rings. The van der Waals surface area contributed by atoms with Crippen LogP contribution in [0.4, 0.5) is 5.69 Å². The van der Waals surface area contributed by atoms with Gasteiger partial charge in [0.05, 0.1) is 12.1 Å². The monoisotopic (exact) mass is 480 g/mol. The van der Waals surface area contributed by atoms with E-state index in [1.807, 2.05) is 12.1 Å². The molecule has 3 amide bonds. The highest BCUT2D eigenvalue weighted by Crippen LogP contribution is 2.68. The van der Waals surface area contributed by atoms with Crippen molar-refractivity contribution in [3.63, 3.8) is 0 Å². The molecule has 2 fully saturated rings. The zero-order valence-electron chi connectivity index (χ0n) is 16.2. The van der Waals surface area contributed by atoms with Crippen molar-refractivity contribution in [1.29, 1.82) is 0 Å². The molecule has 0 spiro atoms. The van der Waals surface area contributed by atoms with Crippen LogP contribution in [0.1, 0.15) is 34.1 Å². The molecule has 1 aliphatic carbocycles. The maximum atomic E-state index is 13.2. The molecule has 0 aromatic heterocycles. The average Bonchev–Trinajstić information content (AvgIpc) is 2.82. The van der Waals surface area contributed by atoms with Gasteiger partial charge in [0.15, 0.2) is 0 Å². The summed E-state index contributed by atoms with van der Waals surface area (Å²) < 4.78 is 1.02. The Morgan fingerprint density at radius 2 is 1.78 bits per heavy atom. The molecule has 27 heavy (non-hydrogen) atoms. The minimum absolute atomic E-state index is 0.0119. The first kappa shape index (κ1) is 20.0. The second kappa shape index (κ2) is 6.72.